The van der Waals surface area contributed by atoms with E-state index in [1.807, 2.05) is 24.3 Å². The van der Waals surface area contributed by atoms with Crippen molar-refractivity contribution in [2.75, 3.05) is 5.32 Å². The Kier molecular flexibility index (Phi) is 4.94. The molecule has 0 aliphatic carbocycles. The molecule has 1 heterocycles. The van der Waals surface area contributed by atoms with E-state index in [2.05, 4.69) is 19.2 Å². The van der Waals surface area contributed by atoms with Crippen molar-refractivity contribution in [3.8, 4) is 5.75 Å². The van der Waals surface area contributed by atoms with Crippen LogP contribution in [0, 0.1) is 11.6 Å². The number of hydrogen-bond donors (Lipinski definition) is 2. The van der Waals surface area contributed by atoms with Gasteiger partial charge in [0.15, 0.2) is 17.4 Å². The van der Waals surface area contributed by atoms with Crippen molar-refractivity contribution in [2.24, 2.45) is 0 Å². The second kappa shape index (κ2) is 7.19. The summed E-state index contributed by atoms with van der Waals surface area (Å²) >= 11 is 0. The van der Waals surface area contributed by atoms with E-state index < -0.39 is 29.2 Å². The Hall–Kier alpha value is -3.22. The molecule has 0 saturated heterocycles. The smallest absolute Gasteiger partial charge is 0.277 e. The Bertz CT molecular complexity index is 914. The first-order valence-electron chi connectivity index (χ1n) is 8.37. The molecule has 2 aromatic carbocycles. The average molecular weight is 372 g/mol. The number of carbonyl (C=O) groups is 2. The van der Waals surface area contributed by atoms with E-state index in [1.54, 1.807) is 0 Å². The second-order valence-corrected chi connectivity index (χ2v) is 6.60. The number of carbonyl (C=O) groups excluding carboxylic acids is 2. The molecule has 0 spiro atoms. The minimum atomic E-state index is -1.17. The first kappa shape index (κ1) is 18.6. The lowest BCUT2D eigenvalue weighted by atomic mass is 10.0. The Labute approximate surface area is 154 Å². The molecular weight excluding hydrogens is 354 g/mol. The van der Waals surface area contributed by atoms with Gasteiger partial charge in [0.25, 0.3) is 11.8 Å². The van der Waals surface area contributed by atoms with Gasteiger partial charge in [0.1, 0.15) is 5.70 Å². The van der Waals surface area contributed by atoms with Gasteiger partial charge in [-0.2, -0.15) is 0 Å². The summed E-state index contributed by atoms with van der Waals surface area (Å²) in [5.41, 5.74) is 1.76. The molecule has 1 aliphatic heterocycles. The third kappa shape index (κ3) is 3.81. The molecule has 140 valence electrons. The molecule has 7 heteroatoms. The summed E-state index contributed by atoms with van der Waals surface area (Å²) in [4.78, 5) is 25.7. The van der Waals surface area contributed by atoms with Crippen LogP contribution in [0.3, 0.4) is 0 Å². The number of nitrogens with zero attached hydrogens (tertiary/aromatic N) is 1. The number of phenolic OH excluding ortho intramolecular Hbond substituents is 1. The van der Waals surface area contributed by atoms with Crippen molar-refractivity contribution in [2.45, 2.75) is 26.3 Å². The number of anilines is 1. The quantitative estimate of drug-likeness (QED) is 0.621. The molecule has 3 rings (SSSR count). The van der Waals surface area contributed by atoms with Gasteiger partial charge in [0.05, 0.1) is 6.54 Å². The van der Waals surface area contributed by atoms with E-state index in [-0.39, 0.29) is 17.9 Å². The van der Waals surface area contributed by atoms with E-state index in [0.717, 1.165) is 34.2 Å². The predicted octanol–water partition coefficient (Wildman–Crippen LogP) is 3.66. The molecular formula is C20H18F2N2O3. The van der Waals surface area contributed by atoms with E-state index in [1.165, 1.54) is 0 Å². The minimum absolute atomic E-state index is 0.0849. The number of hydrogen-bond acceptors (Lipinski definition) is 4. The number of rotatable bonds is 5. The van der Waals surface area contributed by atoms with Gasteiger partial charge in [-0.1, -0.05) is 38.1 Å². The van der Waals surface area contributed by atoms with E-state index >= 15 is 0 Å². The number of benzene rings is 2. The summed E-state index contributed by atoms with van der Waals surface area (Å²) < 4.78 is 26.9. The summed E-state index contributed by atoms with van der Waals surface area (Å²) in [6.45, 7) is 4.23. The molecule has 0 fully saturated rings. The molecule has 2 N–H and O–H groups in total. The lowest BCUT2D eigenvalue weighted by molar-refractivity contribution is -0.137. The van der Waals surface area contributed by atoms with Gasteiger partial charge >= 0.3 is 0 Å². The van der Waals surface area contributed by atoms with Crippen molar-refractivity contribution >= 4 is 17.5 Å². The fourth-order valence-electron chi connectivity index (χ4n) is 2.73. The Morgan fingerprint density at radius 3 is 2.22 bits per heavy atom. The largest absolute Gasteiger partial charge is 0.503 e. The zero-order chi connectivity index (χ0) is 19.7. The van der Waals surface area contributed by atoms with Crippen LogP contribution in [0.25, 0.3) is 0 Å². The number of amides is 2. The fourth-order valence-corrected chi connectivity index (χ4v) is 2.73. The van der Waals surface area contributed by atoms with Crippen LogP contribution in [0.1, 0.15) is 30.9 Å². The van der Waals surface area contributed by atoms with Crippen LogP contribution in [-0.4, -0.2) is 21.8 Å². The molecule has 0 bridgehead atoms. The first-order valence-corrected chi connectivity index (χ1v) is 8.37. The van der Waals surface area contributed by atoms with Gasteiger partial charge < -0.3 is 10.4 Å². The monoisotopic (exact) mass is 372 g/mol. The van der Waals surface area contributed by atoms with Crippen LogP contribution < -0.4 is 5.32 Å². The zero-order valence-electron chi connectivity index (χ0n) is 14.8. The molecule has 5 nitrogen and oxygen atoms in total. The van der Waals surface area contributed by atoms with Crippen LogP contribution in [-0.2, 0) is 16.1 Å². The number of nitrogens with one attached hydrogen (secondary N) is 1. The van der Waals surface area contributed by atoms with Crippen molar-refractivity contribution in [1.82, 2.24) is 4.90 Å². The number of imide groups is 1. The van der Waals surface area contributed by atoms with Crippen molar-refractivity contribution in [3.63, 3.8) is 0 Å². The molecule has 0 saturated carbocycles. The van der Waals surface area contributed by atoms with Gasteiger partial charge in [-0.15, -0.1) is 0 Å². The van der Waals surface area contributed by atoms with Crippen molar-refractivity contribution < 1.29 is 23.5 Å². The predicted molar refractivity (Wildman–Crippen MR) is 95.8 cm³/mol. The van der Waals surface area contributed by atoms with Gasteiger partial charge in [0, 0.05) is 23.9 Å². The van der Waals surface area contributed by atoms with Crippen LogP contribution in [0.4, 0.5) is 14.5 Å². The Morgan fingerprint density at radius 1 is 1.07 bits per heavy atom. The van der Waals surface area contributed by atoms with Gasteiger partial charge in [-0.3, -0.25) is 14.5 Å². The number of aromatic hydroxyl groups is 1. The number of phenols is 1. The van der Waals surface area contributed by atoms with Gasteiger partial charge in [-0.05, 0) is 17.0 Å². The average Bonchev–Trinajstić information content (AvgIpc) is 2.87. The van der Waals surface area contributed by atoms with Crippen molar-refractivity contribution in [1.29, 1.82) is 0 Å². The van der Waals surface area contributed by atoms with Crippen molar-refractivity contribution in [3.05, 3.63) is 70.9 Å². The maximum Gasteiger partial charge on any atom is 0.277 e. The van der Waals surface area contributed by atoms with E-state index in [4.69, 9.17) is 5.11 Å². The first-order chi connectivity index (χ1) is 12.8. The highest BCUT2D eigenvalue weighted by atomic mass is 19.1. The van der Waals surface area contributed by atoms with E-state index in [0.29, 0.717) is 5.92 Å². The SMILES string of the molecule is CC(C)c1ccc(CN2C(=O)C=C(Nc3cc(F)c(O)c(F)c3)C2=O)cc1. The maximum atomic E-state index is 13.4. The Balaban J connectivity index is 1.73. The molecule has 0 aromatic heterocycles. The third-order valence-electron chi connectivity index (χ3n) is 4.29. The highest BCUT2D eigenvalue weighted by Gasteiger charge is 2.31. The molecule has 2 aromatic rings. The summed E-state index contributed by atoms with van der Waals surface area (Å²) in [6.07, 6.45) is 1.08. The normalized spacial score (nSPS) is 14.1. The molecule has 27 heavy (non-hydrogen) atoms. The highest BCUT2D eigenvalue weighted by molar-refractivity contribution is 6.17. The lowest BCUT2D eigenvalue weighted by Crippen LogP contribution is -2.31. The third-order valence-corrected chi connectivity index (χ3v) is 4.29. The van der Waals surface area contributed by atoms with Crippen LogP contribution in [0.15, 0.2) is 48.2 Å². The van der Waals surface area contributed by atoms with Crippen LogP contribution in [0.2, 0.25) is 0 Å². The summed E-state index contributed by atoms with van der Waals surface area (Å²) in [5.74, 6) is -4.18. The number of halogens is 2. The molecule has 0 radical (unpaired) electrons. The second-order valence-electron chi connectivity index (χ2n) is 6.60. The molecule has 0 unspecified atom stereocenters. The lowest BCUT2D eigenvalue weighted by Gasteiger charge is -2.16. The fraction of sp³-hybridized carbons (Fsp3) is 0.200. The van der Waals surface area contributed by atoms with Gasteiger partial charge in [0.2, 0.25) is 0 Å². The minimum Gasteiger partial charge on any atom is -0.503 e. The zero-order valence-corrected chi connectivity index (χ0v) is 14.8. The standard InChI is InChI=1S/C20H18F2N2O3/c1-11(2)13-5-3-12(4-6-13)10-24-18(25)9-17(20(24)27)23-14-7-15(21)19(26)16(22)8-14/h3-9,11,23,26H,10H2,1-2H3. The van der Waals surface area contributed by atoms with E-state index in [9.17, 15) is 18.4 Å². The summed E-state index contributed by atoms with van der Waals surface area (Å²) in [6, 6.07) is 9.27. The maximum absolute atomic E-state index is 13.4. The topological polar surface area (TPSA) is 69.6 Å². The summed E-state index contributed by atoms with van der Waals surface area (Å²) in [7, 11) is 0. The molecule has 2 amide bonds. The summed E-state index contributed by atoms with van der Waals surface area (Å²) in [5, 5.41) is 11.7. The highest BCUT2D eigenvalue weighted by Crippen LogP contribution is 2.26. The van der Waals surface area contributed by atoms with Crippen LogP contribution in [0.5, 0.6) is 5.75 Å². The Morgan fingerprint density at radius 2 is 1.67 bits per heavy atom. The van der Waals surface area contributed by atoms with Gasteiger partial charge in [-0.25, -0.2) is 8.78 Å². The molecule has 0 atom stereocenters. The molecule has 1 aliphatic rings. The van der Waals surface area contributed by atoms with Crippen LogP contribution >= 0.6 is 0 Å².